The van der Waals surface area contributed by atoms with Crippen LogP contribution in [0.5, 0.6) is 5.88 Å². The van der Waals surface area contributed by atoms with E-state index in [9.17, 15) is 13.2 Å². The minimum Gasteiger partial charge on any atom is -0.476 e. The van der Waals surface area contributed by atoms with Crippen LogP contribution in [0.4, 0.5) is 13.2 Å². The van der Waals surface area contributed by atoms with E-state index in [-0.39, 0.29) is 12.5 Å². The van der Waals surface area contributed by atoms with Crippen molar-refractivity contribution in [1.29, 1.82) is 0 Å². The maximum absolute atomic E-state index is 12.5. The van der Waals surface area contributed by atoms with Crippen molar-refractivity contribution >= 4 is 5.96 Å². The third-order valence-electron chi connectivity index (χ3n) is 3.84. The summed E-state index contributed by atoms with van der Waals surface area (Å²) in [5, 5.41) is 6.27. The highest BCUT2D eigenvalue weighted by Crippen LogP contribution is 2.29. The van der Waals surface area contributed by atoms with Crippen molar-refractivity contribution < 1.29 is 22.6 Å². The molecule has 27 heavy (non-hydrogen) atoms. The van der Waals surface area contributed by atoms with E-state index in [1.54, 1.807) is 0 Å². The van der Waals surface area contributed by atoms with Crippen LogP contribution in [0.2, 0.25) is 0 Å². The molecule has 0 aliphatic carbocycles. The molecule has 10 heteroatoms. The summed E-state index contributed by atoms with van der Waals surface area (Å²) < 4.78 is 48.1. The Morgan fingerprint density at radius 2 is 2.07 bits per heavy atom. The molecule has 2 N–H and O–H groups in total. The van der Waals surface area contributed by atoms with E-state index in [0.29, 0.717) is 19.0 Å². The molecule has 0 atom stereocenters. The zero-order chi connectivity index (χ0) is 19.5. The lowest BCUT2D eigenvalue weighted by molar-refractivity contribution is -0.137. The van der Waals surface area contributed by atoms with Gasteiger partial charge in [0.05, 0.1) is 31.9 Å². The van der Waals surface area contributed by atoms with Crippen LogP contribution in [0.15, 0.2) is 23.3 Å². The second-order valence-electron chi connectivity index (χ2n) is 5.87. The molecule has 0 radical (unpaired) electrons. The van der Waals surface area contributed by atoms with Crippen molar-refractivity contribution in [2.75, 3.05) is 59.1 Å². The third kappa shape index (κ3) is 8.00. The van der Waals surface area contributed by atoms with Crippen molar-refractivity contribution in [3.05, 3.63) is 23.9 Å². The van der Waals surface area contributed by atoms with Gasteiger partial charge in [-0.2, -0.15) is 13.2 Å². The molecule has 1 saturated heterocycles. The average molecular weight is 389 g/mol. The number of nitrogens with one attached hydrogen (secondary N) is 2. The van der Waals surface area contributed by atoms with Gasteiger partial charge in [0.15, 0.2) is 5.96 Å². The van der Waals surface area contributed by atoms with E-state index in [4.69, 9.17) is 9.47 Å². The molecule has 0 saturated carbocycles. The molecule has 0 amide bonds. The van der Waals surface area contributed by atoms with E-state index in [1.807, 2.05) is 6.92 Å². The van der Waals surface area contributed by atoms with Crippen molar-refractivity contribution in [2.45, 2.75) is 13.1 Å². The molecule has 1 fully saturated rings. The van der Waals surface area contributed by atoms with Crippen LogP contribution in [0.3, 0.4) is 0 Å². The monoisotopic (exact) mass is 389 g/mol. The minimum atomic E-state index is -4.40. The fourth-order valence-corrected chi connectivity index (χ4v) is 2.43. The molecule has 7 nitrogen and oxygen atoms in total. The van der Waals surface area contributed by atoms with Crippen LogP contribution in [-0.4, -0.2) is 74.9 Å². The Bertz CT molecular complexity index is 575. The standard InChI is InChI=1S/C17H26F3N5O2/c1-2-21-16(22-5-7-25-8-11-26-12-9-25)23-6-10-27-15-4-3-14(13-24-15)17(18,19)20/h3-4,13H,2,5-12H2,1H3,(H2,21,22,23). The lowest BCUT2D eigenvalue weighted by Crippen LogP contribution is -2.41. The normalized spacial score (nSPS) is 16.2. The maximum Gasteiger partial charge on any atom is 0.417 e. The van der Waals surface area contributed by atoms with E-state index >= 15 is 0 Å². The molecule has 1 aromatic rings. The number of guanidine groups is 1. The lowest BCUT2D eigenvalue weighted by Gasteiger charge is -2.25. The molecule has 152 valence electrons. The number of hydrogen-bond acceptors (Lipinski definition) is 5. The van der Waals surface area contributed by atoms with Crippen LogP contribution >= 0.6 is 0 Å². The first-order valence-corrected chi connectivity index (χ1v) is 8.97. The SMILES string of the molecule is CCNC(=NCCN1CCOCC1)NCCOc1ccc(C(F)(F)F)cn1. The highest BCUT2D eigenvalue weighted by Gasteiger charge is 2.30. The van der Waals surface area contributed by atoms with Crippen LogP contribution in [-0.2, 0) is 10.9 Å². The van der Waals surface area contributed by atoms with Gasteiger partial charge in [-0.25, -0.2) is 4.98 Å². The van der Waals surface area contributed by atoms with Gasteiger partial charge in [0.25, 0.3) is 0 Å². The summed E-state index contributed by atoms with van der Waals surface area (Å²) in [5.41, 5.74) is -0.796. The van der Waals surface area contributed by atoms with Gasteiger partial charge in [-0.05, 0) is 13.0 Å². The van der Waals surface area contributed by atoms with Gasteiger partial charge in [-0.3, -0.25) is 9.89 Å². The summed E-state index contributed by atoms with van der Waals surface area (Å²) in [6.45, 7) is 8.31. The number of morpholine rings is 1. The Balaban J connectivity index is 1.69. The Hall–Kier alpha value is -2.07. The number of pyridine rings is 1. The van der Waals surface area contributed by atoms with E-state index < -0.39 is 11.7 Å². The summed E-state index contributed by atoms with van der Waals surface area (Å²) >= 11 is 0. The molecule has 2 heterocycles. The van der Waals surface area contributed by atoms with E-state index in [2.05, 4.69) is 25.5 Å². The van der Waals surface area contributed by atoms with Crippen molar-refractivity contribution in [2.24, 2.45) is 4.99 Å². The molecule has 1 aliphatic rings. The van der Waals surface area contributed by atoms with E-state index in [0.717, 1.165) is 51.7 Å². The predicted molar refractivity (Wildman–Crippen MR) is 96.0 cm³/mol. The maximum atomic E-state index is 12.5. The fourth-order valence-electron chi connectivity index (χ4n) is 2.43. The number of aliphatic imine (C=N–C) groups is 1. The Labute approximate surface area is 157 Å². The Morgan fingerprint density at radius 1 is 1.30 bits per heavy atom. The number of nitrogens with zero attached hydrogens (tertiary/aromatic N) is 3. The van der Waals surface area contributed by atoms with Gasteiger partial charge in [-0.15, -0.1) is 0 Å². The van der Waals surface area contributed by atoms with Gasteiger partial charge in [0.1, 0.15) is 6.61 Å². The van der Waals surface area contributed by atoms with Crippen LogP contribution in [0.1, 0.15) is 12.5 Å². The summed E-state index contributed by atoms with van der Waals surface area (Å²) in [5.74, 6) is 0.828. The molecule has 0 bridgehead atoms. The van der Waals surface area contributed by atoms with E-state index in [1.165, 1.54) is 6.07 Å². The van der Waals surface area contributed by atoms with Crippen LogP contribution in [0, 0.1) is 0 Å². The molecule has 0 aromatic carbocycles. The first kappa shape index (κ1) is 21.2. The quantitative estimate of drug-likeness (QED) is 0.398. The summed E-state index contributed by atoms with van der Waals surface area (Å²) in [7, 11) is 0. The largest absolute Gasteiger partial charge is 0.476 e. The number of ether oxygens (including phenoxy) is 2. The first-order valence-electron chi connectivity index (χ1n) is 8.97. The highest BCUT2D eigenvalue weighted by molar-refractivity contribution is 5.79. The first-order chi connectivity index (χ1) is 13.0. The summed E-state index contributed by atoms with van der Waals surface area (Å²) in [6, 6.07) is 2.16. The Kier molecular flexibility index (Phi) is 8.59. The Morgan fingerprint density at radius 3 is 2.70 bits per heavy atom. The fraction of sp³-hybridized carbons (Fsp3) is 0.647. The highest BCUT2D eigenvalue weighted by atomic mass is 19.4. The second kappa shape index (κ2) is 10.9. The summed E-state index contributed by atoms with van der Waals surface area (Å²) in [4.78, 5) is 10.5. The predicted octanol–water partition coefficient (Wildman–Crippen LogP) is 1.37. The number of halogens is 3. The smallest absolute Gasteiger partial charge is 0.417 e. The molecule has 0 spiro atoms. The minimum absolute atomic E-state index is 0.152. The number of aromatic nitrogens is 1. The van der Waals surface area contributed by atoms with Gasteiger partial charge in [0, 0.05) is 38.4 Å². The zero-order valence-corrected chi connectivity index (χ0v) is 15.4. The average Bonchev–Trinajstić information content (AvgIpc) is 2.65. The topological polar surface area (TPSA) is 71.0 Å². The summed E-state index contributed by atoms with van der Waals surface area (Å²) in [6.07, 6.45) is -3.63. The van der Waals surface area contributed by atoms with Crippen molar-refractivity contribution in [3.8, 4) is 5.88 Å². The third-order valence-corrected chi connectivity index (χ3v) is 3.84. The van der Waals surface area contributed by atoms with Gasteiger partial charge < -0.3 is 20.1 Å². The van der Waals surface area contributed by atoms with Gasteiger partial charge in [0.2, 0.25) is 5.88 Å². The molecule has 2 rings (SSSR count). The van der Waals surface area contributed by atoms with Crippen LogP contribution < -0.4 is 15.4 Å². The molecule has 0 unspecified atom stereocenters. The number of alkyl halides is 3. The van der Waals surface area contributed by atoms with Crippen molar-refractivity contribution in [3.63, 3.8) is 0 Å². The number of rotatable bonds is 8. The van der Waals surface area contributed by atoms with Gasteiger partial charge in [-0.1, -0.05) is 0 Å². The zero-order valence-electron chi connectivity index (χ0n) is 15.4. The molecule has 1 aliphatic heterocycles. The van der Waals surface area contributed by atoms with Crippen molar-refractivity contribution in [1.82, 2.24) is 20.5 Å². The van der Waals surface area contributed by atoms with Crippen LogP contribution in [0.25, 0.3) is 0 Å². The second-order valence-corrected chi connectivity index (χ2v) is 5.87. The lowest BCUT2D eigenvalue weighted by atomic mass is 10.3. The molecular formula is C17H26F3N5O2. The molecular weight excluding hydrogens is 363 g/mol. The number of hydrogen-bond donors (Lipinski definition) is 2. The van der Waals surface area contributed by atoms with Gasteiger partial charge >= 0.3 is 6.18 Å². The molecule has 1 aromatic heterocycles.